The predicted octanol–water partition coefficient (Wildman–Crippen LogP) is 3.46. The average molecular weight is 368 g/mol. The van der Waals surface area contributed by atoms with Crippen LogP contribution in [-0.2, 0) is 16.1 Å². The van der Waals surface area contributed by atoms with Crippen LogP contribution in [0.3, 0.4) is 0 Å². The zero-order valence-corrected chi connectivity index (χ0v) is 16.4. The summed E-state index contributed by atoms with van der Waals surface area (Å²) in [5, 5.41) is 3.00. The summed E-state index contributed by atoms with van der Waals surface area (Å²) < 4.78 is 11.2. The summed E-state index contributed by atoms with van der Waals surface area (Å²) in [4.78, 5) is 14.8. The molecule has 1 N–H and O–H groups in total. The average Bonchev–Trinajstić information content (AvgIpc) is 2.67. The molecule has 3 rings (SSSR count). The number of amides is 1. The zero-order chi connectivity index (χ0) is 19.2. The molecule has 0 spiro atoms. The lowest BCUT2D eigenvalue weighted by Crippen LogP contribution is -2.36. The summed E-state index contributed by atoms with van der Waals surface area (Å²) in [6, 6.07) is 12.0. The maximum atomic E-state index is 12.5. The number of anilines is 1. The van der Waals surface area contributed by atoms with E-state index in [2.05, 4.69) is 22.3 Å². The molecule has 0 atom stereocenters. The van der Waals surface area contributed by atoms with Crippen molar-refractivity contribution in [1.29, 1.82) is 0 Å². The number of morpholine rings is 1. The summed E-state index contributed by atoms with van der Waals surface area (Å²) in [5.41, 5.74) is 5.23. The number of rotatable bonds is 6. The third kappa shape index (κ3) is 5.08. The number of nitrogens with one attached hydrogen (secondary N) is 1. The zero-order valence-electron chi connectivity index (χ0n) is 16.4. The summed E-state index contributed by atoms with van der Waals surface area (Å²) >= 11 is 0. The predicted molar refractivity (Wildman–Crippen MR) is 107 cm³/mol. The number of carbonyl (C=O) groups is 1. The first-order chi connectivity index (χ1) is 13.0. The molecule has 27 heavy (non-hydrogen) atoms. The van der Waals surface area contributed by atoms with Gasteiger partial charge in [-0.15, -0.1) is 0 Å². The Balaban J connectivity index is 1.62. The Labute approximate surface area is 161 Å². The number of aryl methyl sites for hydroxylation is 2. The summed E-state index contributed by atoms with van der Waals surface area (Å²) in [5.74, 6) is 0.650. The third-order valence-electron chi connectivity index (χ3n) is 5.01. The first-order valence-electron chi connectivity index (χ1n) is 9.42. The highest BCUT2D eigenvalue weighted by atomic mass is 16.5. The summed E-state index contributed by atoms with van der Waals surface area (Å²) in [6.45, 7) is 10.2. The monoisotopic (exact) mass is 368 g/mol. The Bertz CT molecular complexity index is 798. The molecular formula is C22H28N2O3. The molecule has 144 valence electrons. The van der Waals surface area contributed by atoms with Crippen LogP contribution in [0.1, 0.15) is 22.3 Å². The van der Waals surface area contributed by atoms with E-state index in [0.717, 1.165) is 66.5 Å². The third-order valence-corrected chi connectivity index (χ3v) is 5.01. The molecule has 1 aliphatic rings. The highest BCUT2D eigenvalue weighted by molar-refractivity contribution is 5.92. The summed E-state index contributed by atoms with van der Waals surface area (Å²) in [7, 11) is 0. The van der Waals surface area contributed by atoms with Gasteiger partial charge in [0, 0.05) is 25.3 Å². The van der Waals surface area contributed by atoms with Crippen molar-refractivity contribution in [2.45, 2.75) is 27.3 Å². The van der Waals surface area contributed by atoms with Crippen molar-refractivity contribution in [3.63, 3.8) is 0 Å². The lowest BCUT2D eigenvalue weighted by molar-refractivity contribution is -0.118. The fourth-order valence-corrected chi connectivity index (χ4v) is 3.25. The molecule has 2 aromatic rings. The van der Waals surface area contributed by atoms with Crippen LogP contribution in [-0.4, -0.2) is 43.7 Å². The van der Waals surface area contributed by atoms with Crippen LogP contribution in [0.15, 0.2) is 36.4 Å². The van der Waals surface area contributed by atoms with Crippen LogP contribution >= 0.6 is 0 Å². The van der Waals surface area contributed by atoms with E-state index in [1.807, 2.05) is 45.0 Å². The number of hydrogen-bond donors (Lipinski definition) is 1. The molecule has 0 saturated carbocycles. The van der Waals surface area contributed by atoms with Gasteiger partial charge in [-0.2, -0.15) is 0 Å². The fourth-order valence-electron chi connectivity index (χ4n) is 3.25. The van der Waals surface area contributed by atoms with Crippen molar-refractivity contribution >= 4 is 11.6 Å². The first kappa shape index (κ1) is 19.4. The van der Waals surface area contributed by atoms with Crippen LogP contribution < -0.4 is 10.1 Å². The van der Waals surface area contributed by atoms with Crippen LogP contribution in [0.2, 0.25) is 0 Å². The van der Waals surface area contributed by atoms with Gasteiger partial charge in [0.25, 0.3) is 5.91 Å². The minimum atomic E-state index is -0.148. The lowest BCUT2D eigenvalue weighted by Gasteiger charge is -2.27. The SMILES string of the molecule is Cc1ccc(C)c(OCC(=O)Nc2ccccc2CN2CCOCC2)c1C. The second kappa shape index (κ2) is 9.02. The van der Waals surface area contributed by atoms with Gasteiger partial charge >= 0.3 is 0 Å². The summed E-state index contributed by atoms with van der Waals surface area (Å²) in [6.07, 6.45) is 0. The number of para-hydroxylation sites is 1. The van der Waals surface area contributed by atoms with E-state index in [0.29, 0.717) is 0 Å². The van der Waals surface area contributed by atoms with E-state index in [1.165, 1.54) is 0 Å². The van der Waals surface area contributed by atoms with Gasteiger partial charge in [-0.3, -0.25) is 9.69 Å². The van der Waals surface area contributed by atoms with Gasteiger partial charge in [-0.25, -0.2) is 0 Å². The van der Waals surface area contributed by atoms with Gasteiger partial charge in [0.2, 0.25) is 0 Å². The number of hydrogen-bond acceptors (Lipinski definition) is 4. The standard InChI is InChI=1S/C22H28N2O3/c1-16-8-9-17(2)22(18(16)3)27-15-21(25)23-20-7-5-4-6-19(20)14-24-10-12-26-13-11-24/h4-9H,10-15H2,1-3H3,(H,23,25). The molecule has 0 aromatic heterocycles. The maximum Gasteiger partial charge on any atom is 0.262 e. The van der Waals surface area contributed by atoms with Crippen LogP contribution in [0, 0.1) is 20.8 Å². The van der Waals surface area contributed by atoms with Gasteiger partial charge in [0.15, 0.2) is 6.61 Å². The number of carbonyl (C=O) groups excluding carboxylic acids is 1. The van der Waals surface area contributed by atoms with Crippen molar-refractivity contribution < 1.29 is 14.3 Å². The van der Waals surface area contributed by atoms with Gasteiger partial charge < -0.3 is 14.8 Å². The number of ether oxygens (including phenoxy) is 2. The van der Waals surface area contributed by atoms with Gasteiger partial charge in [0.1, 0.15) is 5.75 Å². The molecule has 5 nitrogen and oxygen atoms in total. The topological polar surface area (TPSA) is 50.8 Å². The second-order valence-electron chi connectivity index (χ2n) is 7.04. The number of benzene rings is 2. The highest BCUT2D eigenvalue weighted by Crippen LogP contribution is 2.25. The molecule has 5 heteroatoms. The van der Waals surface area contributed by atoms with Gasteiger partial charge in [0.05, 0.1) is 13.2 Å². The normalized spacial score (nSPS) is 14.8. The Morgan fingerprint density at radius 2 is 1.78 bits per heavy atom. The van der Waals surface area contributed by atoms with Gasteiger partial charge in [-0.05, 0) is 49.1 Å². The van der Waals surface area contributed by atoms with Gasteiger partial charge in [-0.1, -0.05) is 30.3 Å². The van der Waals surface area contributed by atoms with Crippen LogP contribution in [0.25, 0.3) is 0 Å². The first-order valence-corrected chi connectivity index (χ1v) is 9.42. The molecule has 0 bridgehead atoms. The molecule has 0 aliphatic carbocycles. The minimum absolute atomic E-state index is 0.00295. The Kier molecular flexibility index (Phi) is 6.48. The van der Waals surface area contributed by atoms with Crippen LogP contribution in [0.4, 0.5) is 5.69 Å². The maximum absolute atomic E-state index is 12.5. The molecule has 0 unspecified atom stereocenters. The fraction of sp³-hybridized carbons (Fsp3) is 0.409. The molecule has 2 aromatic carbocycles. The smallest absolute Gasteiger partial charge is 0.262 e. The highest BCUT2D eigenvalue weighted by Gasteiger charge is 2.14. The van der Waals surface area contributed by atoms with Crippen molar-refractivity contribution in [1.82, 2.24) is 4.90 Å². The largest absolute Gasteiger partial charge is 0.483 e. The van der Waals surface area contributed by atoms with E-state index in [9.17, 15) is 4.79 Å². The Hall–Kier alpha value is -2.37. The van der Waals surface area contributed by atoms with Crippen molar-refractivity contribution in [2.75, 3.05) is 38.2 Å². The van der Waals surface area contributed by atoms with Crippen molar-refractivity contribution in [2.24, 2.45) is 0 Å². The van der Waals surface area contributed by atoms with Crippen LogP contribution in [0.5, 0.6) is 5.75 Å². The molecule has 1 aliphatic heterocycles. The molecule has 1 heterocycles. The van der Waals surface area contributed by atoms with Crippen molar-refractivity contribution in [3.8, 4) is 5.75 Å². The second-order valence-corrected chi connectivity index (χ2v) is 7.04. The van der Waals surface area contributed by atoms with E-state index in [-0.39, 0.29) is 12.5 Å². The Morgan fingerprint density at radius 1 is 1.07 bits per heavy atom. The molecular weight excluding hydrogens is 340 g/mol. The van der Waals surface area contributed by atoms with Crippen molar-refractivity contribution in [3.05, 3.63) is 58.7 Å². The van der Waals surface area contributed by atoms with E-state index < -0.39 is 0 Å². The molecule has 0 radical (unpaired) electrons. The van der Waals surface area contributed by atoms with E-state index in [1.54, 1.807) is 0 Å². The Morgan fingerprint density at radius 3 is 2.56 bits per heavy atom. The quantitative estimate of drug-likeness (QED) is 0.848. The lowest BCUT2D eigenvalue weighted by atomic mass is 10.1. The molecule has 1 amide bonds. The van der Waals surface area contributed by atoms with E-state index >= 15 is 0 Å². The van der Waals surface area contributed by atoms with E-state index in [4.69, 9.17) is 9.47 Å². The molecule has 1 saturated heterocycles. The minimum Gasteiger partial charge on any atom is -0.483 e. The molecule has 1 fully saturated rings. The number of nitrogens with zero attached hydrogens (tertiary/aromatic N) is 1.